The topological polar surface area (TPSA) is 71.1 Å². The molecule has 104 valence electrons. The van der Waals surface area contributed by atoms with Crippen LogP contribution in [0.25, 0.3) is 0 Å². The summed E-state index contributed by atoms with van der Waals surface area (Å²) in [6.45, 7) is 3.19. The first-order chi connectivity index (χ1) is 9.45. The minimum Gasteiger partial charge on any atom is -0.326 e. The molecular weight excluding hydrogens is 281 g/mol. The Balaban J connectivity index is 2.22. The lowest BCUT2D eigenvalue weighted by Gasteiger charge is -2.07. The monoisotopic (exact) mass is 293 g/mol. The lowest BCUT2D eigenvalue weighted by molar-refractivity contribution is -0.114. The minimum absolute atomic E-state index is 0.149. The van der Waals surface area contributed by atoms with E-state index in [9.17, 15) is 14.0 Å². The van der Waals surface area contributed by atoms with Crippen molar-refractivity contribution >= 4 is 34.0 Å². The Morgan fingerprint density at radius 2 is 2.05 bits per heavy atom. The lowest BCUT2D eigenvalue weighted by Crippen LogP contribution is -2.15. The van der Waals surface area contributed by atoms with Crippen LogP contribution < -0.4 is 10.6 Å². The number of hydrogen-bond acceptors (Lipinski definition) is 4. The summed E-state index contributed by atoms with van der Waals surface area (Å²) in [6.07, 6.45) is 1.62. The summed E-state index contributed by atoms with van der Waals surface area (Å²) in [4.78, 5) is 27.9. The third-order valence-corrected chi connectivity index (χ3v) is 3.20. The Bertz CT molecular complexity index is 669. The van der Waals surface area contributed by atoms with Crippen molar-refractivity contribution in [2.24, 2.45) is 0 Å². The van der Waals surface area contributed by atoms with Crippen molar-refractivity contribution in [3.63, 3.8) is 0 Å². The molecule has 1 heterocycles. The number of anilines is 2. The molecule has 20 heavy (non-hydrogen) atoms. The van der Waals surface area contributed by atoms with Crippen LogP contribution in [-0.2, 0) is 4.79 Å². The van der Waals surface area contributed by atoms with Crippen LogP contribution in [0.5, 0.6) is 0 Å². The first-order valence-electron chi connectivity index (χ1n) is 5.76. The molecule has 0 saturated carbocycles. The Morgan fingerprint density at radius 1 is 1.30 bits per heavy atom. The molecule has 0 aliphatic heterocycles. The van der Waals surface area contributed by atoms with Gasteiger partial charge in [0.15, 0.2) is 5.13 Å². The second-order valence-corrected chi connectivity index (χ2v) is 5.34. The maximum Gasteiger partial charge on any atom is 0.260 e. The van der Waals surface area contributed by atoms with E-state index in [2.05, 4.69) is 15.6 Å². The molecule has 0 spiro atoms. The molecule has 1 aromatic heterocycles. The van der Waals surface area contributed by atoms with Crippen molar-refractivity contribution in [1.29, 1.82) is 0 Å². The number of carbonyl (C=O) groups is 2. The first kappa shape index (κ1) is 14.1. The fraction of sp³-hybridized carbons (Fsp3) is 0.154. The maximum atomic E-state index is 13.7. The van der Waals surface area contributed by atoms with Gasteiger partial charge in [-0.2, -0.15) is 0 Å². The number of thiazole rings is 1. The highest BCUT2D eigenvalue weighted by Gasteiger charge is 2.14. The highest BCUT2D eigenvalue weighted by Crippen LogP contribution is 2.20. The summed E-state index contributed by atoms with van der Waals surface area (Å²) in [6, 6.07) is 3.81. The minimum atomic E-state index is -0.662. The Labute approximate surface area is 118 Å². The van der Waals surface area contributed by atoms with E-state index in [1.165, 1.54) is 30.4 Å². The molecular formula is C13H12FN3O2S. The molecule has 1 aromatic carbocycles. The van der Waals surface area contributed by atoms with Crippen LogP contribution in [-0.4, -0.2) is 16.8 Å². The standard InChI is InChI=1S/C13H12FN3O2S/c1-7-6-15-13(20-7)17-12(19)10-5-9(16-8(2)18)3-4-11(10)14/h3-6H,1-2H3,(H,16,18)(H,15,17,19). The highest BCUT2D eigenvalue weighted by atomic mass is 32.1. The Hall–Kier alpha value is -2.28. The molecule has 0 radical (unpaired) electrons. The van der Waals surface area contributed by atoms with E-state index in [1.54, 1.807) is 6.20 Å². The smallest absolute Gasteiger partial charge is 0.260 e. The number of benzene rings is 1. The van der Waals surface area contributed by atoms with E-state index < -0.39 is 11.7 Å². The van der Waals surface area contributed by atoms with E-state index >= 15 is 0 Å². The van der Waals surface area contributed by atoms with Crippen LogP contribution in [0, 0.1) is 12.7 Å². The zero-order valence-corrected chi connectivity index (χ0v) is 11.7. The molecule has 5 nitrogen and oxygen atoms in total. The van der Waals surface area contributed by atoms with Crippen LogP contribution in [0.3, 0.4) is 0 Å². The van der Waals surface area contributed by atoms with Crippen LogP contribution in [0.1, 0.15) is 22.2 Å². The van der Waals surface area contributed by atoms with Gasteiger partial charge in [-0.15, -0.1) is 11.3 Å². The summed E-state index contributed by atoms with van der Waals surface area (Å²) in [5.74, 6) is -1.56. The van der Waals surface area contributed by atoms with E-state index in [-0.39, 0.29) is 11.5 Å². The molecule has 2 N–H and O–H groups in total. The predicted octanol–water partition coefficient (Wildman–Crippen LogP) is 2.80. The number of hydrogen-bond donors (Lipinski definition) is 2. The van der Waals surface area contributed by atoms with E-state index in [4.69, 9.17) is 0 Å². The molecule has 0 bridgehead atoms. The van der Waals surface area contributed by atoms with Crippen molar-refractivity contribution in [3.8, 4) is 0 Å². The third kappa shape index (κ3) is 3.39. The zero-order chi connectivity index (χ0) is 14.7. The molecule has 0 saturated heterocycles. The van der Waals surface area contributed by atoms with Gasteiger partial charge in [0.25, 0.3) is 5.91 Å². The molecule has 2 rings (SSSR count). The molecule has 0 atom stereocenters. The quantitative estimate of drug-likeness (QED) is 0.914. The fourth-order valence-corrected chi connectivity index (χ4v) is 2.22. The fourth-order valence-electron chi connectivity index (χ4n) is 1.56. The maximum absolute atomic E-state index is 13.7. The van der Waals surface area contributed by atoms with Gasteiger partial charge in [-0.3, -0.25) is 14.9 Å². The van der Waals surface area contributed by atoms with Crippen molar-refractivity contribution in [2.45, 2.75) is 13.8 Å². The summed E-state index contributed by atoms with van der Waals surface area (Å²) < 4.78 is 13.7. The van der Waals surface area contributed by atoms with Crippen LogP contribution in [0.15, 0.2) is 24.4 Å². The number of nitrogens with zero attached hydrogens (tertiary/aromatic N) is 1. The molecule has 0 unspecified atom stereocenters. The van der Waals surface area contributed by atoms with Crippen LogP contribution >= 0.6 is 11.3 Å². The average Bonchev–Trinajstić information content (AvgIpc) is 2.76. The van der Waals surface area contributed by atoms with Gasteiger partial charge in [0.1, 0.15) is 5.82 Å². The molecule has 7 heteroatoms. The lowest BCUT2D eigenvalue weighted by atomic mass is 10.1. The molecule has 0 fully saturated rings. The molecule has 2 amide bonds. The SMILES string of the molecule is CC(=O)Nc1ccc(F)c(C(=O)Nc2ncc(C)s2)c1. The molecule has 0 aliphatic rings. The van der Waals surface area contributed by atoms with Crippen LogP contribution in [0.4, 0.5) is 15.2 Å². The van der Waals surface area contributed by atoms with Gasteiger partial charge in [-0.05, 0) is 25.1 Å². The van der Waals surface area contributed by atoms with Gasteiger partial charge in [-0.25, -0.2) is 9.37 Å². The molecule has 0 aliphatic carbocycles. The van der Waals surface area contributed by atoms with Crippen LogP contribution in [0.2, 0.25) is 0 Å². The Morgan fingerprint density at radius 3 is 2.65 bits per heavy atom. The first-order valence-corrected chi connectivity index (χ1v) is 6.58. The van der Waals surface area contributed by atoms with Crippen molar-refractivity contribution < 1.29 is 14.0 Å². The van der Waals surface area contributed by atoms with Crippen molar-refractivity contribution in [3.05, 3.63) is 40.7 Å². The van der Waals surface area contributed by atoms with E-state index in [0.29, 0.717) is 10.8 Å². The number of aryl methyl sites for hydroxylation is 1. The van der Waals surface area contributed by atoms with Crippen molar-refractivity contribution in [2.75, 3.05) is 10.6 Å². The number of rotatable bonds is 3. The van der Waals surface area contributed by atoms with E-state index in [0.717, 1.165) is 10.9 Å². The number of nitrogens with one attached hydrogen (secondary N) is 2. The highest BCUT2D eigenvalue weighted by molar-refractivity contribution is 7.15. The summed E-state index contributed by atoms with van der Waals surface area (Å²) in [5, 5.41) is 5.41. The number of halogens is 1. The summed E-state index contributed by atoms with van der Waals surface area (Å²) in [5.41, 5.74) is 0.212. The zero-order valence-electron chi connectivity index (χ0n) is 10.9. The van der Waals surface area contributed by atoms with Gasteiger partial charge in [0.2, 0.25) is 5.91 Å². The number of aromatic nitrogens is 1. The van der Waals surface area contributed by atoms with E-state index in [1.807, 2.05) is 6.92 Å². The van der Waals surface area contributed by atoms with Gasteiger partial charge < -0.3 is 5.32 Å². The largest absolute Gasteiger partial charge is 0.326 e. The number of carbonyl (C=O) groups excluding carboxylic acids is 2. The number of amides is 2. The normalized spacial score (nSPS) is 10.2. The third-order valence-electron chi connectivity index (χ3n) is 2.37. The van der Waals surface area contributed by atoms with Crippen molar-refractivity contribution in [1.82, 2.24) is 4.98 Å². The predicted molar refractivity (Wildman–Crippen MR) is 75.5 cm³/mol. The summed E-state index contributed by atoms with van der Waals surface area (Å²) >= 11 is 1.30. The van der Waals surface area contributed by atoms with Gasteiger partial charge in [-0.1, -0.05) is 0 Å². The second kappa shape index (κ2) is 5.79. The summed E-state index contributed by atoms with van der Waals surface area (Å²) in [7, 11) is 0. The second-order valence-electron chi connectivity index (χ2n) is 4.11. The average molecular weight is 293 g/mol. The molecule has 2 aromatic rings. The Kier molecular flexibility index (Phi) is 4.09. The van der Waals surface area contributed by atoms with Gasteiger partial charge in [0.05, 0.1) is 5.56 Å². The van der Waals surface area contributed by atoms with Gasteiger partial charge >= 0.3 is 0 Å². The van der Waals surface area contributed by atoms with Gasteiger partial charge in [0, 0.05) is 23.7 Å².